The highest BCUT2D eigenvalue weighted by Gasteiger charge is 2.02. The van der Waals surface area contributed by atoms with Crippen LogP contribution in [0.25, 0.3) is 0 Å². The maximum Gasteiger partial charge on any atom is 0.319 e. The van der Waals surface area contributed by atoms with Crippen molar-refractivity contribution in [1.29, 1.82) is 0 Å². The van der Waals surface area contributed by atoms with Crippen LogP contribution >= 0.6 is 11.6 Å². The number of benzene rings is 2. The van der Waals surface area contributed by atoms with Gasteiger partial charge < -0.3 is 15.4 Å². The van der Waals surface area contributed by atoms with Gasteiger partial charge in [0.25, 0.3) is 0 Å². The van der Waals surface area contributed by atoms with E-state index in [4.69, 9.17) is 16.3 Å². The number of carbonyl (C=O) groups is 1. The second-order valence-electron chi connectivity index (χ2n) is 4.85. The van der Waals surface area contributed by atoms with Gasteiger partial charge in [0.15, 0.2) is 0 Å². The maximum absolute atomic E-state index is 11.8. The molecule has 2 aromatic carbocycles. The van der Waals surface area contributed by atoms with E-state index in [2.05, 4.69) is 16.7 Å². The highest BCUT2D eigenvalue weighted by molar-refractivity contribution is 6.30. The quantitative estimate of drug-likeness (QED) is 0.788. The molecule has 0 fully saturated rings. The monoisotopic (exact) mass is 318 g/mol. The van der Waals surface area contributed by atoms with Crippen LogP contribution in [-0.2, 0) is 6.42 Å². The van der Waals surface area contributed by atoms with E-state index in [9.17, 15) is 4.79 Å². The molecule has 2 rings (SSSR count). The van der Waals surface area contributed by atoms with Crippen molar-refractivity contribution in [3.8, 4) is 5.75 Å². The Morgan fingerprint density at radius 2 is 2.00 bits per heavy atom. The Kier molecular flexibility index (Phi) is 6.10. The summed E-state index contributed by atoms with van der Waals surface area (Å²) in [6.45, 7) is 0.601. The van der Waals surface area contributed by atoms with Gasteiger partial charge in [-0.3, -0.25) is 0 Å². The first-order valence-electron chi connectivity index (χ1n) is 7.11. The highest BCUT2D eigenvalue weighted by Crippen LogP contribution is 2.15. The number of carbonyl (C=O) groups excluding carboxylic acids is 1. The number of ether oxygens (including phenoxy) is 1. The Morgan fingerprint density at radius 1 is 1.18 bits per heavy atom. The minimum atomic E-state index is -0.229. The molecule has 0 saturated carbocycles. The summed E-state index contributed by atoms with van der Waals surface area (Å²) >= 11 is 5.87. The lowest BCUT2D eigenvalue weighted by Crippen LogP contribution is -2.29. The first kappa shape index (κ1) is 16.2. The normalized spacial score (nSPS) is 10.1. The van der Waals surface area contributed by atoms with Gasteiger partial charge in [-0.15, -0.1) is 0 Å². The Hall–Kier alpha value is -2.20. The van der Waals surface area contributed by atoms with E-state index in [1.54, 1.807) is 31.4 Å². The second kappa shape index (κ2) is 8.29. The molecule has 0 spiro atoms. The standard InChI is InChI=1S/C17H19ClN2O2/c1-22-16-9-2-5-13(11-16)6-4-10-19-17(21)20-15-8-3-7-14(18)12-15/h2-3,5,7-9,11-12H,4,6,10H2,1H3,(H2,19,20,21). The van der Waals surface area contributed by atoms with E-state index < -0.39 is 0 Å². The molecular formula is C17H19ClN2O2. The first-order chi connectivity index (χ1) is 10.7. The number of urea groups is 1. The predicted octanol–water partition coefficient (Wildman–Crippen LogP) is 4.10. The topological polar surface area (TPSA) is 50.4 Å². The molecule has 0 bridgehead atoms. The van der Waals surface area contributed by atoms with Crippen LogP contribution in [0, 0.1) is 0 Å². The van der Waals surface area contributed by atoms with Gasteiger partial charge in [-0.2, -0.15) is 0 Å². The molecule has 0 aliphatic heterocycles. The average Bonchev–Trinajstić information content (AvgIpc) is 2.52. The summed E-state index contributed by atoms with van der Waals surface area (Å²) in [7, 11) is 1.65. The Labute approximate surface area is 135 Å². The average molecular weight is 319 g/mol. The molecule has 0 aliphatic carbocycles. The van der Waals surface area contributed by atoms with Crippen LogP contribution < -0.4 is 15.4 Å². The molecule has 2 N–H and O–H groups in total. The van der Waals surface area contributed by atoms with Crippen LogP contribution in [0.4, 0.5) is 10.5 Å². The van der Waals surface area contributed by atoms with Crippen LogP contribution in [0.5, 0.6) is 5.75 Å². The van der Waals surface area contributed by atoms with Crippen molar-refractivity contribution in [2.45, 2.75) is 12.8 Å². The molecule has 0 aromatic heterocycles. The molecular weight excluding hydrogens is 300 g/mol. The number of nitrogens with one attached hydrogen (secondary N) is 2. The molecule has 0 atom stereocenters. The zero-order valence-electron chi connectivity index (χ0n) is 12.4. The molecule has 0 saturated heterocycles. The van der Waals surface area contributed by atoms with Crippen LogP contribution in [0.2, 0.25) is 5.02 Å². The minimum absolute atomic E-state index is 0.229. The number of halogens is 1. The van der Waals surface area contributed by atoms with Gasteiger partial charge in [0.05, 0.1) is 7.11 Å². The van der Waals surface area contributed by atoms with Crippen molar-refractivity contribution in [3.63, 3.8) is 0 Å². The number of anilines is 1. The van der Waals surface area contributed by atoms with Gasteiger partial charge in [0, 0.05) is 17.3 Å². The number of rotatable bonds is 6. The molecule has 22 heavy (non-hydrogen) atoms. The van der Waals surface area contributed by atoms with E-state index in [0.717, 1.165) is 18.6 Å². The van der Waals surface area contributed by atoms with Crippen molar-refractivity contribution in [2.24, 2.45) is 0 Å². The molecule has 2 amide bonds. The molecule has 5 heteroatoms. The molecule has 0 aliphatic rings. The summed E-state index contributed by atoms with van der Waals surface area (Å²) in [5.74, 6) is 0.851. The Bertz CT molecular complexity index is 632. The third-order valence-electron chi connectivity index (χ3n) is 3.14. The lowest BCUT2D eigenvalue weighted by molar-refractivity contribution is 0.252. The summed E-state index contributed by atoms with van der Waals surface area (Å²) in [5, 5.41) is 6.16. The van der Waals surface area contributed by atoms with Crippen LogP contribution in [0.15, 0.2) is 48.5 Å². The van der Waals surface area contributed by atoms with Crippen molar-refractivity contribution >= 4 is 23.3 Å². The maximum atomic E-state index is 11.8. The predicted molar refractivity (Wildman–Crippen MR) is 89.8 cm³/mol. The minimum Gasteiger partial charge on any atom is -0.497 e. The Balaban J connectivity index is 1.70. The largest absolute Gasteiger partial charge is 0.497 e. The number of hydrogen-bond donors (Lipinski definition) is 2. The number of methoxy groups -OCH3 is 1. The molecule has 4 nitrogen and oxygen atoms in total. The first-order valence-corrected chi connectivity index (χ1v) is 7.48. The van der Waals surface area contributed by atoms with E-state index in [1.807, 2.05) is 18.2 Å². The van der Waals surface area contributed by atoms with Gasteiger partial charge in [0.1, 0.15) is 5.75 Å². The molecule has 0 heterocycles. The summed E-state index contributed by atoms with van der Waals surface area (Å²) in [6, 6.07) is 14.8. The smallest absolute Gasteiger partial charge is 0.319 e. The van der Waals surface area contributed by atoms with Gasteiger partial charge in [-0.05, 0) is 48.7 Å². The number of aryl methyl sites for hydroxylation is 1. The lowest BCUT2D eigenvalue weighted by atomic mass is 10.1. The van der Waals surface area contributed by atoms with E-state index in [0.29, 0.717) is 17.3 Å². The third-order valence-corrected chi connectivity index (χ3v) is 3.38. The van der Waals surface area contributed by atoms with Crippen molar-refractivity contribution in [3.05, 3.63) is 59.1 Å². The fourth-order valence-corrected chi connectivity index (χ4v) is 2.25. The SMILES string of the molecule is COc1cccc(CCCNC(=O)Nc2cccc(Cl)c2)c1. The van der Waals surface area contributed by atoms with Gasteiger partial charge in [-0.1, -0.05) is 29.8 Å². The lowest BCUT2D eigenvalue weighted by Gasteiger charge is -2.08. The fourth-order valence-electron chi connectivity index (χ4n) is 2.06. The number of amides is 2. The van der Waals surface area contributed by atoms with E-state index in [1.165, 1.54) is 5.56 Å². The van der Waals surface area contributed by atoms with E-state index in [-0.39, 0.29) is 6.03 Å². The third kappa shape index (κ3) is 5.30. The second-order valence-corrected chi connectivity index (χ2v) is 5.28. The molecule has 0 radical (unpaired) electrons. The van der Waals surface area contributed by atoms with Crippen LogP contribution in [0.1, 0.15) is 12.0 Å². The van der Waals surface area contributed by atoms with Crippen molar-refractivity contribution in [1.82, 2.24) is 5.32 Å². The van der Waals surface area contributed by atoms with Gasteiger partial charge >= 0.3 is 6.03 Å². The zero-order valence-corrected chi connectivity index (χ0v) is 13.2. The summed E-state index contributed by atoms with van der Waals surface area (Å²) < 4.78 is 5.18. The fraction of sp³-hybridized carbons (Fsp3) is 0.235. The molecule has 116 valence electrons. The van der Waals surface area contributed by atoms with Crippen molar-refractivity contribution in [2.75, 3.05) is 19.0 Å². The van der Waals surface area contributed by atoms with Crippen molar-refractivity contribution < 1.29 is 9.53 Å². The zero-order chi connectivity index (χ0) is 15.8. The summed E-state index contributed by atoms with van der Waals surface area (Å²) in [4.78, 5) is 11.8. The molecule has 0 unspecified atom stereocenters. The molecule has 2 aromatic rings. The summed E-state index contributed by atoms with van der Waals surface area (Å²) in [6.07, 6.45) is 1.74. The van der Waals surface area contributed by atoms with Crippen LogP contribution in [-0.4, -0.2) is 19.7 Å². The van der Waals surface area contributed by atoms with Crippen LogP contribution in [0.3, 0.4) is 0 Å². The number of hydrogen-bond acceptors (Lipinski definition) is 2. The Morgan fingerprint density at radius 3 is 2.77 bits per heavy atom. The summed E-state index contributed by atoms with van der Waals surface area (Å²) in [5.41, 5.74) is 1.87. The van der Waals surface area contributed by atoms with Gasteiger partial charge in [-0.25, -0.2) is 4.79 Å². The van der Waals surface area contributed by atoms with Gasteiger partial charge in [0.2, 0.25) is 0 Å². The van der Waals surface area contributed by atoms with E-state index >= 15 is 0 Å². The highest BCUT2D eigenvalue weighted by atomic mass is 35.5.